The Labute approximate surface area is 141 Å². The van der Waals surface area contributed by atoms with Crippen molar-refractivity contribution >= 4 is 17.6 Å². The van der Waals surface area contributed by atoms with Crippen molar-refractivity contribution in [2.24, 2.45) is 4.99 Å². The third-order valence-electron chi connectivity index (χ3n) is 4.01. The molecular formula is C16H23N5O3. The molecule has 1 heterocycles. The van der Waals surface area contributed by atoms with E-state index < -0.39 is 4.92 Å². The van der Waals surface area contributed by atoms with Gasteiger partial charge in [-0.2, -0.15) is 0 Å². The lowest BCUT2D eigenvalue weighted by Gasteiger charge is -2.18. The number of guanidine groups is 1. The first-order chi connectivity index (χ1) is 11.5. The summed E-state index contributed by atoms with van der Waals surface area (Å²) in [7, 11) is 1.69. The van der Waals surface area contributed by atoms with E-state index >= 15 is 0 Å². The quantitative estimate of drug-likeness (QED) is 0.366. The van der Waals surface area contributed by atoms with Crippen molar-refractivity contribution in [3.05, 3.63) is 39.9 Å². The summed E-state index contributed by atoms with van der Waals surface area (Å²) < 4.78 is 0. The van der Waals surface area contributed by atoms with E-state index in [1.54, 1.807) is 19.2 Å². The fourth-order valence-corrected chi connectivity index (χ4v) is 2.64. The SMILES string of the molecule is CCC(=O)N1CCC(NC(=NC)NCc2ccc([N+](=O)[O-])cc2)C1. The van der Waals surface area contributed by atoms with Gasteiger partial charge in [0.05, 0.1) is 4.92 Å². The summed E-state index contributed by atoms with van der Waals surface area (Å²) in [5.41, 5.74) is 1.01. The third-order valence-corrected chi connectivity index (χ3v) is 4.01. The average Bonchev–Trinajstić information content (AvgIpc) is 3.06. The first-order valence-corrected chi connectivity index (χ1v) is 8.01. The number of non-ortho nitro benzene ring substituents is 1. The lowest BCUT2D eigenvalue weighted by Crippen LogP contribution is -2.44. The minimum atomic E-state index is -0.416. The molecule has 0 aliphatic carbocycles. The van der Waals surface area contributed by atoms with Gasteiger partial charge in [0.2, 0.25) is 5.91 Å². The molecular weight excluding hydrogens is 310 g/mol. The number of carbonyl (C=O) groups excluding carboxylic acids is 1. The maximum atomic E-state index is 11.7. The average molecular weight is 333 g/mol. The van der Waals surface area contributed by atoms with Gasteiger partial charge in [0.15, 0.2) is 5.96 Å². The summed E-state index contributed by atoms with van der Waals surface area (Å²) in [4.78, 5) is 28.0. The first-order valence-electron chi connectivity index (χ1n) is 8.01. The molecule has 8 heteroatoms. The fraction of sp³-hybridized carbons (Fsp3) is 0.500. The van der Waals surface area contributed by atoms with Gasteiger partial charge in [0, 0.05) is 51.3 Å². The zero-order valence-corrected chi connectivity index (χ0v) is 14.0. The number of hydrogen-bond donors (Lipinski definition) is 2. The van der Waals surface area contributed by atoms with Gasteiger partial charge >= 0.3 is 0 Å². The van der Waals surface area contributed by atoms with E-state index in [1.807, 2.05) is 11.8 Å². The zero-order chi connectivity index (χ0) is 17.5. The molecule has 0 aromatic heterocycles. The summed E-state index contributed by atoms with van der Waals surface area (Å²) in [5, 5.41) is 17.1. The third kappa shape index (κ3) is 4.68. The highest BCUT2D eigenvalue weighted by Gasteiger charge is 2.25. The zero-order valence-electron chi connectivity index (χ0n) is 14.0. The van der Waals surface area contributed by atoms with E-state index in [1.165, 1.54) is 12.1 Å². The molecule has 8 nitrogen and oxygen atoms in total. The van der Waals surface area contributed by atoms with Crippen molar-refractivity contribution in [1.29, 1.82) is 0 Å². The fourth-order valence-electron chi connectivity index (χ4n) is 2.64. The Kier molecular flexibility index (Phi) is 6.11. The Bertz CT molecular complexity index is 615. The van der Waals surface area contributed by atoms with Gasteiger partial charge in [-0.15, -0.1) is 0 Å². The van der Waals surface area contributed by atoms with Gasteiger partial charge in [-0.05, 0) is 12.0 Å². The summed E-state index contributed by atoms with van der Waals surface area (Å²) >= 11 is 0. The first kappa shape index (κ1) is 17.7. The molecule has 1 aromatic rings. The Hall–Kier alpha value is -2.64. The number of hydrogen-bond acceptors (Lipinski definition) is 4. The van der Waals surface area contributed by atoms with Crippen molar-refractivity contribution in [3.63, 3.8) is 0 Å². The van der Waals surface area contributed by atoms with Gasteiger partial charge in [0.1, 0.15) is 0 Å². The molecule has 0 bridgehead atoms. The molecule has 2 rings (SSSR count). The lowest BCUT2D eigenvalue weighted by molar-refractivity contribution is -0.384. The number of nitro groups is 1. The van der Waals surface area contributed by atoms with Gasteiger partial charge in [0.25, 0.3) is 5.69 Å². The van der Waals surface area contributed by atoms with Crippen LogP contribution in [0.4, 0.5) is 5.69 Å². The van der Waals surface area contributed by atoms with Crippen molar-refractivity contribution < 1.29 is 9.72 Å². The maximum absolute atomic E-state index is 11.7. The van der Waals surface area contributed by atoms with Crippen LogP contribution in [0.2, 0.25) is 0 Å². The van der Waals surface area contributed by atoms with Crippen LogP contribution in [0, 0.1) is 10.1 Å². The summed E-state index contributed by atoms with van der Waals surface area (Å²) in [6.07, 6.45) is 1.42. The number of nitro benzene ring substituents is 1. The van der Waals surface area contributed by atoms with E-state index in [9.17, 15) is 14.9 Å². The van der Waals surface area contributed by atoms with Crippen LogP contribution >= 0.6 is 0 Å². The molecule has 0 saturated carbocycles. The molecule has 1 aromatic carbocycles. The lowest BCUT2D eigenvalue weighted by atomic mass is 10.2. The number of aliphatic imine (C=N–C) groups is 1. The molecule has 1 atom stereocenters. The molecule has 24 heavy (non-hydrogen) atoms. The van der Waals surface area contributed by atoms with Crippen LogP contribution in [0.3, 0.4) is 0 Å². The summed E-state index contributed by atoms with van der Waals surface area (Å²) in [5.74, 6) is 0.831. The second-order valence-corrected chi connectivity index (χ2v) is 5.67. The topological polar surface area (TPSA) is 99.9 Å². The van der Waals surface area contributed by atoms with Crippen LogP contribution < -0.4 is 10.6 Å². The minimum Gasteiger partial charge on any atom is -0.352 e. The smallest absolute Gasteiger partial charge is 0.269 e. The largest absolute Gasteiger partial charge is 0.352 e. The van der Waals surface area contributed by atoms with Crippen LogP contribution in [-0.2, 0) is 11.3 Å². The highest BCUT2D eigenvalue weighted by molar-refractivity contribution is 5.80. The van der Waals surface area contributed by atoms with Crippen LogP contribution in [0.1, 0.15) is 25.3 Å². The molecule has 1 saturated heterocycles. The van der Waals surface area contributed by atoms with Crippen molar-refractivity contribution in [2.45, 2.75) is 32.4 Å². The predicted octanol–water partition coefficient (Wildman–Crippen LogP) is 1.27. The van der Waals surface area contributed by atoms with Gasteiger partial charge < -0.3 is 15.5 Å². The molecule has 1 unspecified atom stereocenters. The van der Waals surface area contributed by atoms with Gasteiger partial charge in [-0.25, -0.2) is 0 Å². The normalized spacial score (nSPS) is 17.7. The predicted molar refractivity (Wildman–Crippen MR) is 91.7 cm³/mol. The number of likely N-dealkylation sites (tertiary alicyclic amines) is 1. The number of carbonyl (C=O) groups is 1. The number of benzene rings is 1. The standard InChI is InChI=1S/C16H23N5O3/c1-3-15(22)20-9-8-13(11-20)19-16(17-2)18-10-12-4-6-14(7-5-12)21(23)24/h4-7,13H,3,8-11H2,1-2H3,(H2,17,18,19). The molecule has 0 radical (unpaired) electrons. The number of nitrogens with one attached hydrogen (secondary N) is 2. The molecule has 1 aliphatic rings. The molecule has 1 amide bonds. The highest BCUT2D eigenvalue weighted by Crippen LogP contribution is 2.12. The Morgan fingerprint density at radius 3 is 2.71 bits per heavy atom. The van der Waals surface area contributed by atoms with Gasteiger partial charge in [-0.3, -0.25) is 19.9 Å². The second-order valence-electron chi connectivity index (χ2n) is 5.67. The molecule has 0 spiro atoms. The van der Waals surface area contributed by atoms with Crippen molar-refractivity contribution in [1.82, 2.24) is 15.5 Å². The van der Waals surface area contributed by atoms with E-state index in [4.69, 9.17) is 0 Å². The summed E-state index contributed by atoms with van der Waals surface area (Å²) in [6.45, 7) is 3.84. The van der Waals surface area contributed by atoms with Crippen LogP contribution in [0.15, 0.2) is 29.3 Å². The Balaban J connectivity index is 1.83. The second kappa shape index (κ2) is 8.28. The van der Waals surface area contributed by atoms with Gasteiger partial charge in [-0.1, -0.05) is 19.1 Å². The monoisotopic (exact) mass is 333 g/mol. The van der Waals surface area contributed by atoms with Crippen LogP contribution in [-0.4, -0.2) is 47.9 Å². The van der Waals surface area contributed by atoms with Crippen LogP contribution in [0.5, 0.6) is 0 Å². The molecule has 2 N–H and O–H groups in total. The summed E-state index contributed by atoms with van der Waals surface area (Å²) in [6, 6.07) is 6.59. The Morgan fingerprint density at radius 2 is 2.12 bits per heavy atom. The van der Waals surface area contributed by atoms with E-state index in [2.05, 4.69) is 15.6 Å². The van der Waals surface area contributed by atoms with Crippen molar-refractivity contribution in [2.75, 3.05) is 20.1 Å². The van der Waals surface area contributed by atoms with Crippen molar-refractivity contribution in [3.8, 4) is 0 Å². The number of amides is 1. The molecule has 1 aliphatic heterocycles. The van der Waals surface area contributed by atoms with E-state index in [-0.39, 0.29) is 17.6 Å². The number of rotatable bonds is 5. The Morgan fingerprint density at radius 1 is 1.42 bits per heavy atom. The van der Waals surface area contributed by atoms with E-state index in [0.717, 1.165) is 18.5 Å². The van der Waals surface area contributed by atoms with E-state index in [0.29, 0.717) is 25.5 Å². The molecule has 130 valence electrons. The maximum Gasteiger partial charge on any atom is 0.269 e. The number of nitrogens with zero attached hydrogens (tertiary/aromatic N) is 3. The molecule has 1 fully saturated rings. The van der Waals surface area contributed by atoms with Crippen LogP contribution in [0.25, 0.3) is 0 Å². The highest BCUT2D eigenvalue weighted by atomic mass is 16.6. The minimum absolute atomic E-state index is 0.0768.